The Balaban J connectivity index is 2.70. The predicted octanol–water partition coefficient (Wildman–Crippen LogP) is 3.21. The Morgan fingerprint density at radius 3 is 2.71 bits per heavy atom. The first kappa shape index (κ1) is 14.7. The monoisotopic (exact) mass is 301 g/mol. The van der Waals surface area contributed by atoms with Gasteiger partial charge in [-0.25, -0.2) is 0 Å². The minimum absolute atomic E-state index is 0.578. The number of aryl methyl sites for hydroxylation is 2. The van der Waals surface area contributed by atoms with E-state index >= 15 is 0 Å². The van der Waals surface area contributed by atoms with Crippen molar-refractivity contribution in [3.8, 4) is 0 Å². The maximum Gasteiger partial charge on any atom is 0.0597 e. The zero-order valence-corrected chi connectivity index (χ0v) is 13.0. The maximum atomic E-state index is 4.50. The van der Waals surface area contributed by atoms with Crippen LogP contribution in [0.1, 0.15) is 38.6 Å². The Kier molecular flexibility index (Phi) is 6.20. The normalized spacial score (nSPS) is 11.7. The Bertz CT molecular complexity index is 333. The second-order valence-electron chi connectivity index (χ2n) is 4.70. The first-order valence-electron chi connectivity index (χ1n) is 6.41. The predicted molar refractivity (Wildman–Crippen MR) is 76.6 cm³/mol. The molecule has 0 aliphatic rings. The molecular weight excluding hydrogens is 278 g/mol. The van der Waals surface area contributed by atoms with Crippen LogP contribution in [0.3, 0.4) is 0 Å². The molecule has 0 radical (unpaired) electrons. The second-order valence-corrected chi connectivity index (χ2v) is 5.49. The van der Waals surface area contributed by atoms with Crippen LogP contribution in [0.5, 0.6) is 0 Å². The van der Waals surface area contributed by atoms with E-state index in [9.17, 15) is 0 Å². The lowest BCUT2D eigenvalue weighted by atomic mass is 10.2. The van der Waals surface area contributed by atoms with Crippen LogP contribution in [0.2, 0.25) is 0 Å². The molecule has 0 amide bonds. The van der Waals surface area contributed by atoms with Gasteiger partial charge in [0, 0.05) is 24.5 Å². The number of halogens is 1. The lowest BCUT2D eigenvalue weighted by Gasteiger charge is -2.26. The Morgan fingerprint density at radius 1 is 1.47 bits per heavy atom. The van der Waals surface area contributed by atoms with Crippen molar-refractivity contribution in [2.45, 2.75) is 53.2 Å². The summed E-state index contributed by atoms with van der Waals surface area (Å²) in [5.74, 6) is 0. The van der Waals surface area contributed by atoms with Crippen molar-refractivity contribution < 1.29 is 0 Å². The minimum atomic E-state index is 0.578. The molecule has 4 heteroatoms. The summed E-state index contributed by atoms with van der Waals surface area (Å²) >= 11 is 3.50. The molecular formula is C13H24BrN3. The van der Waals surface area contributed by atoms with Crippen LogP contribution >= 0.6 is 15.9 Å². The average molecular weight is 302 g/mol. The van der Waals surface area contributed by atoms with E-state index in [1.807, 2.05) is 0 Å². The van der Waals surface area contributed by atoms with Gasteiger partial charge in [0.15, 0.2) is 0 Å². The van der Waals surface area contributed by atoms with E-state index in [1.165, 1.54) is 12.1 Å². The molecule has 0 unspecified atom stereocenters. The molecule has 1 heterocycles. The first-order valence-corrected chi connectivity index (χ1v) is 7.54. The highest BCUT2D eigenvalue weighted by atomic mass is 79.9. The van der Waals surface area contributed by atoms with E-state index in [2.05, 4.69) is 64.4 Å². The van der Waals surface area contributed by atoms with Gasteiger partial charge in [0.2, 0.25) is 0 Å². The summed E-state index contributed by atoms with van der Waals surface area (Å²) in [7, 11) is 0. The molecule has 17 heavy (non-hydrogen) atoms. The topological polar surface area (TPSA) is 21.1 Å². The summed E-state index contributed by atoms with van der Waals surface area (Å²) < 4.78 is 2.11. The zero-order valence-electron chi connectivity index (χ0n) is 11.4. The molecule has 0 spiro atoms. The van der Waals surface area contributed by atoms with Gasteiger partial charge < -0.3 is 0 Å². The molecule has 0 saturated carbocycles. The molecule has 0 N–H and O–H groups in total. The third-order valence-electron chi connectivity index (χ3n) is 2.96. The van der Waals surface area contributed by atoms with Crippen LogP contribution < -0.4 is 0 Å². The quantitative estimate of drug-likeness (QED) is 0.721. The fourth-order valence-electron chi connectivity index (χ4n) is 1.99. The highest BCUT2D eigenvalue weighted by Gasteiger charge is 2.13. The van der Waals surface area contributed by atoms with Gasteiger partial charge in [-0.3, -0.25) is 9.58 Å². The fraction of sp³-hybridized carbons (Fsp3) is 0.769. The van der Waals surface area contributed by atoms with E-state index < -0.39 is 0 Å². The SMILES string of the molecule is CCn1nc(C)cc1CN(CCCBr)C(C)C. The molecule has 0 saturated heterocycles. The molecule has 98 valence electrons. The Labute approximate surface area is 113 Å². The highest BCUT2D eigenvalue weighted by Crippen LogP contribution is 2.11. The lowest BCUT2D eigenvalue weighted by molar-refractivity contribution is 0.208. The van der Waals surface area contributed by atoms with Crippen LogP contribution in [0.15, 0.2) is 6.07 Å². The molecule has 3 nitrogen and oxygen atoms in total. The number of hydrogen-bond acceptors (Lipinski definition) is 2. The van der Waals surface area contributed by atoms with Gasteiger partial charge in [0.05, 0.1) is 11.4 Å². The average Bonchev–Trinajstić information content (AvgIpc) is 2.64. The Hall–Kier alpha value is -0.350. The lowest BCUT2D eigenvalue weighted by Crippen LogP contribution is -2.32. The molecule has 0 aliphatic carbocycles. The van der Waals surface area contributed by atoms with Crippen molar-refractivity contribution in [2.24, 2.45) is 0 Å². The number of alkyl halides is 1. The van der Waals surface area contributed by atoms with Crippen molar-refractivity contribution >= 4 is 15.9 Å². The first-order chi connectivity index (χ1) is 8.08. The van der Waals surface area contributed by atoms with Gasteiger partial charge in [0.25, 0.3) is 0 Å². The standard InChI is InChI=1S/C13H24BrN3/c1-5-17-13(9-12(4)15-17)10-16(11(2)3)8-6-7-14/h9,11H,5-8,10H2,1-4H3. The fourth-order valence-corrected chi connectivity index (χ4v) is 2.24. The van der Waals surface area contributed by atoms with Crippen molar-refractivity contribution in [3.05, 3.63) is 17.5 Å². The number of aromatic nitrogens is 2. The molecule has 0 aliphatic heterocycles. The van der Waals surface area contributed by atoms with E-state index in [1.54, 1.807) is 0 Å². The summed E-state index contributed by atoms with van der Waals surface area (Å²) in [6.45, 7) is 11.8. The van der Waals surface area contributed by atoms with Crippen LogP contribution in [0.4, 0.5) is 0 Å². The zero-order chi connectivity index (χ0) is 12.8. The van der Waals surface area contributed by atoms with Gasteiger partial charge >= 0.3 is 0 Å². The Morgan fingerprint density at radius 2 is 2.18 bits per heavy atom. The highest BCUT2D eigenvalue weighted by molar-refractivity contribution is 9.09. The number of nitrogens with zero attached hydrogens (tertiary/aromatic N) is 3. The van der Waals surface area contributed by atoms with Crippen LogP contribution in [-0.4, -0.2) is 32.6 Å². The molecule has 1 rings (SSSR count). The summed E-state index contributed by atoms with van der Waals surface area (Å²) in [5, 5.41) is 5.57. The number of rotatable bonds is 7. The summed E-state index contributed by atoms with van der Waals surface area (Å²) in [5.41, 5.74) is 2.44. The summed E-state index contributed by atoms with van der Waals surface area (Å²) in [6.07, 6.45) is 1.19. The van der Waals surface area contributed by atoms with Crippen LogP contribution in [-0.2, 0) is 13.1 Å². The van der Waals surface area contributed by atoms with E-state index in [-0.39, 0.29) is 0 Å². The molecule has 1 aromatic heterocycles. The molecule has 0 aromatic carbocycles. The smallest absolute Gasteiger partial charge is 0.0597 e. The van der Waals surface area contributed by atoms with Crippen molar-refractivity contribution in [2.75, 3.05) is 11.9 Å². The summed E-state index contributed by atoms with van der Waals surface area (Å²) in [6, 6.07) is 2.78. The van der Waals surface area contributed by atoms with E-state index in [0.29, 0.717) is 6.04 Å². The van der Waals surface area contributed by atoms with Crippen molar-refractivity contribution in [3.63, 3.8) is 0 Å². The van der Waals surface area contributed by atoms with Crippen LogP contribution in [0, 0.1) is 6.92 Å². The maximum absolute atomic E-state index is 4.50. The molecule has 0 bridgehead atoms. The molecule has 0 fully saturated rings. The van der Waals surface area contributed by atoms with Crippen molar-refractivity contribution in [1.82, 2.24) is 14.7 Å². The summed E-state index contributed by atoms with van der Waals surface area (Å²) in [4.78, 5) is 2.50. The van der Waals surface area contributed by atoms with Gasteiger partial charge in [-0.15, -0.1) is 0 Å². The van der Waals surface area contributed by atoms with Crippen molar-refractivity contribution in [1.29, 1.82) is 0 Å². The van der Waals surface area contributed by atoms with Gasteiger partial charge in [0.1, 0.15) is 0 Å². The third-order valence-corrected chi connectivity index (χ3v) is 3.52. The van der Waals surface area contributed by atoms with Gasteiger partial charge in [-0.2, -0.15) is 5.10 Å². The largest absolute Gasteiger partial charge is 0.295 e. The van der Waals surface area contributed by atoms with E-state index in [4.69, 9.17) is 0 Å². The third kappa shape index (κ3) is 4.43. The van der Waals surface area contributed by atoms with Crippen LogP contribution in [0.25, 0.3) is 0 Å². The van der Waals surface area contributed by atoms with E-state index in [0.717, 1.165) is 30.7 Å². The van der Waals surface area contributed by atoms with Gasteiger partial charge in [-0.05, 0) is 46.7 Å². The number of hydrogen-bond donors (Lipinski definition) is 0. The molecule has 0 atom stereocenters. The minimum Gasteiger partial charge on any atom is -0.295 e. The van der Waals surface area contributed by atoms with Gasteiger partial charge in [-0.1, -0.05) is 15.9 Å². The second kappa shape index (κ2) is 7.17. The molecule has 1 aromatic rings.